The van der Waals surface area contributed by atoms with E-state index < -0.39 is 20.0 Å². The molecule has 0 unspecified atom stereocenters. The van der Waals surface area contributed by atoms with E-state index >= 15 is 0 Å². The summed E-state index contributed by atoms with van der Waals surface area (Å²) >= 11 is 3.26. The standard InChI is InChI=1S/C15H17BrN2O4S2/c1-10-4-7-15(13(16)8-10)24(21,22)17-12-5-6-14(11(2)9-12)18-23(3,19)20/h4-9,17-18H,1-3H3. The molecule has 0 radical (unpaired) electrons. The molecule has 2 N–H and O–H groups in total. The number of hydrogen-bond donors (Lipinski definition) is 2. The second-order valence-electron chi connectivity index (χ2n) is 5.44. The SMILES string of the molecule is Cc1ccc(S(=O)(=O)Nc2ccc(NS(C)(=O)=O)c(C)c2)c(Br)c1. The van der Waals surface area contributed by atoms with Gasteiger partial charge in [-0.1, -0.05) is 6.07 Å². The van der Waals surface area contributed by atoms with Gasteiger partial charge in [0.2, 0.25) is 10.0 Å². The van der Waals surface area contributed by atoms with E-state index in [0.717, 1.165) is 11.8 Å². The minimum absolute atomic E-state index is 0.129. The monoisotopic (exact) mass is 432 g/mol. The van der Waals surface area contributed by atoms with Crippen LogP contribution in [0.3, 0.4) is 0 Å². The Morgan fingerprint density at radius 3 is 2.12 bits per heavy atom. The fraction of sp³-hybridized carbons (Fsp3) is 0.200. The Bertz CT molecular complexity index is 987. The van der Waals surface area contributed by atoms with E-state index in [-0.39, 0.29) is 4.90 Å². The van der Waals surface area contributed by atoms with E-state index in [1.807, 2.05) is 6.92 Å². The second kappa shape index (κ2) is 6.73. The molecule has 0 aromatic heterocycles. The largest absolute Gasteiger partial charge is 0.284 e. The minimum Gasteiger partial charge on any atom is -0.284 e. The molecule has 0 atom stereocenters. The first-order chi connectivity index (χ1) is 11.0. The Balaban J connectivity index is 2.32. The summed E-state index contributed by atoms with van der Waals surface area (Å²) in [6.07, 6.45) is 1.05. The van der Waals surface area contributed by atoms with Crippen molar-refractivity contribution >= 4 is 47.4 Å². The molecule has 2 aromatic carbocycles. The van der Waals surface area contributed by atoms with E-state index in [1.54, 1.807) is 25.1 Å². The van der Waals surface area contributed by atoms with E-state index in [2.05, 4.69) is 25.4 Å². The average Bonchev–Trinajstić information content (AvgIpc) is 2.39. The van der Waals surface area contributed by atoms with Crippen molar-refractivity contribution in [2.75, 3.05) is 15.7 Å². The molecule has 0 saturated heterocycles. The molecule has 2 aromatic rings. The first-order valence-electron chi connectivity index (χ1n) is 6.85. The van der Waals surface area contributed by atoms with Crippen LogP contribution in [-0.2, 0) is 20.0 Å². The molecule has 0 heterocycles. The van der Waals surface area contributed by atoms with Gasteiger partial charge >= 0.3 is 0 Å². The number of hydrogen-bond acceptors (Lipinski definition) is 4. The van der Waals surface area contributed by atoms with Crippen molar-refractivity contribution in [2.45, 2.75) is 18.7 Å². The Morgan fingerprint density at radius 1 is 0.917 bits per heavy atom. The Hall–Kier alpha value is -1.58. The molecule has 0 saturated carbocycles. The molecule has 0 aliphatic rings. The highest BCUT2D eigenvalue weighted by Gasteiger charge is 2.18. The van der Waals surface area contributed by atoms with Crippen molar-refractivity contribution in [3.05, 3.63) is 52.0 Å². The summed E-state index contributed by atoms with van der Waals surface area (Å²) in [7, 11) is -7.16. The lowest BCUT2D eigenvalue weighted by atomic mass is 10.2. The molecule has 24 heavy (non-hydrogen) atoms. The topological polar surface area (TPSA) is 92.3 Å². The van der Waals surface area contributed by atoms with Crippen molar-refractivity contribution in [1.82, 2.24) is 0 Å². The third-order valence-corrected chi connectivity index (χ3v) is 6.10. The van der Waals surface area contributed by atoms with Gasteiger partial charge in [0, 0.05) is 10.2 Å². The maximum atomic E-state index is 12.5. The van der Waals surface area contributed by atoms with Gasteiger partial charge in [-0.05, 0) is 71.2 Å². The highest BCUT2D eigenvalue weighted by atomic mass is 79.9. The molecule has 0 fully saturated rings. The molecule has 0 spiro atoms. The molecular weight excluding hydrogens is 416 g/mol. The third-order valence-electron chi connectivity index (χ3n) is 3.15. The van der Waals surface area contributed by atoms with Crippen LogP contribution in [0, 0.1) is 13.8 Å². The molecular formula is C15H17BrN2O4S2. The van der Waals surface area contributed by atoms with Gasteiger partial charge in [0.1, 0.15) is 4.90 Å². The predicted molar refractivity (Wildman–Crippen MR) is 99.3 cm³/mol. The Labute approximate surface area is 150 Å². The average molecular weight is 433 g/mol. The number of sulfonamides is 2. The second-order valence-corrected chi connectivity index (χ2v) is 9.70. The molecule has 9 heteroatoms. The predicted octanol–water partition coefficient (Wildman–Crippen LogP) is 3.24. The van der Waals surface area contributed by atoms with Crippen LogP contribution in [-0.4, -0.2) is 23.1 Å². The normalized spacial score (nSPS) is 12.0. The maximum absolute atomic E-state index is 12.5. The minimum atomic E-state index is -3.76. The zero-order valence-electron chi connectivity index (χ0n) is 13.3. The van der Waals surface area contributed by atoms with Crippen LogP contribution >= 0.6 is 15.9 Å². The molecule has 0 bridgehead atoms. The molecule has 130 valence electrons. The van der Waals surface area contributed by atoms with Crippen LogP contribution in [0.5, 0.6) is 0 Å². The molecule has 0 aliphatic carbocycles. The summed E-state index contributed by atoms with van der Waals surface area (Å²) in [5.74, 6) is 0. The number of benzene rings is 2. The number of halogens is 1. The highest BCUT2D eigenvalue weighted by molar-refractivity contribution is 9.10. The first kappa shape index (κ1) is 18.8. The van der Waals surface area contributed by atoms with Crippen LogP contribution in [0.4, 0.5) is 11.4 Å². The van der Waals surface area contributed by atoms with Gasteiger partial charge in [-0.15, -0.1) is 0 Å². The molecule has 6 nitrogen and oxygen atoms in total. The zero-order chi connectivity index (χ0) is 18.1. The summed E-state index contributed by atoms with van der Waals surface area (Å²) in [5.41, 5.74) is 2.28. The first-order valence-corrected chi connectivity index (χ1v) is 11.0. The van der Waals surface area contributed by atoms with Crippen LogP contribution in [0.15, 0.2) is 45.8 Å². The number of anilines is 2. The van der Waals surface area contributed by atoms with Crippen molar-refractivity contribution in [2.24, 2.45) is 0 Å². The summed E-state index contributed by atoms with van der Waals surface area (Å²) in [5, 5.41) is 0. The highest BCUT2D eigenvalue weighted by Crippen LogP contribution is 2.27. The van der Waals surface area contributed by atoms with Crippen LogP contribution < -0.4 is 9.44 Å². The van der Waals surface area contributed by atoms with Gasteiger partial charge < -0.3 is 0 Å². The van der Waals surface area contributed by atoms with E-state index in [4.69, 9.17) is 0 Å². The van der Waals surface area contributed by atoms with Crippen molar-refractivity contribution in [3.8, 4) is 0 Å². The van der Waals surface area contributed by atoms with Crippen LogP contribution in [0.1, 0.15) is 11.1 Å². The molecule has 0 aliphatic heterocycles. The van der Waals surface area contributed by atoms with Gasteiger partial charge in [-0.25, -0.2) is 16.8 Å². The van der Waals surface area contributed by atoms with Crippen molar-refractivity contribution < 1.29 is 16.8 Å². The maximum Gasteiger partial charge on any atom is 0.263 e. The third kappa shape index (κ3) is 4.71. The Morgan fingerprint density at radius 2 is 1.58 bits per heavy atom. The van der Waals surface area contributed by atoms with E-state index in [0.29, 0.717) is 21.4 Å². The van der Waals surface area contributed by atoms with Gasteiger partial charge in [0.05, 0.1) is 11.9 Å². The van der Waals surface area contributed by atoms with Crippen molar-refractivity contribution in [3.63, 3.8) is 0 Å². The quantitative estimate of drug-likeness (QED) is 0.757. The molecule has 0 amide bonds. The fourth-order valence-electron chi connectivity index (χ4n) is 2.08. The van der Waals surface area contributed by atoms with Gasteiger partial charge in [0.25, 0.3) is 10.0 Å². The lowest BCUT2D eigenvalue weighted by molar-refractivity contribution is 0.600. The lowest BCUT2D eigenvalue weighted by Crippen LogP contribution is -2.14. The zero-order valence-corrected chi connectivity index (χ0v) is 16.5. The van der Waals surface area contributed by atoms with E-state index in [1.165, 1.54) is 18.2 Å². The van der Waals surface area contributed by atoms with Crippen molar-refractivity contribution in [1.29, 1.82) is 0 Å². The summed E-state index contributed by atoms with van der Waals surface area (Å²) < 4.78 is 52.9. The summed E-state index contributed by atoms with van der Waals surface area (Å²) in [6.45, 7) is 3.55. The molecule has 2 rings (SSSR count). The Kier molecular flexibility index (Phi) is 5.26. The number of nitrogens with one attached hydrogen (secondary N) is 2. The van der Waals surface area contributed by atoms with Gasteiger partial charge in [-0.2, -0.15) is 0 Å². The number of aryl methyl sites for hydroxylation is 2. The van der Waals surface area contributed by atoms with Crippen LogP contribution in [0.2, 0.25) is 0 Å². The van der Waals surface area contributed by atoms with Gasteiger partial charge in [-0.3, -0.25) is 9.44 Å². The van der Waals surface area contributed by atoms with E-state index in [9.17, 15) is 16.8 Å². The number of rotatable bonds is 5. The smallest absolute Gasteiger partial charge is 0.263 e. The lowest BCUT2D eigenvalue weighted by Gasteiger charge is -2.13. The fourth-order valence-corrected chi connectivity index (χ4v) is 4.95. The summed E-state index contributed by atoms with van der Waals surface area (Å²) in [6, 6.07) is 9.53. The van der Waals surface area contributed by atoms with Gasteiger partial charge in [0.15, 0.2) is 0 Å². The summed E-state index contributed by atoms with van der Waals surface area (Å²) in [4.78, 5) is 0.129. The van der Waals surface area contributed by atoms with Crippen LogP contribution in [0.25, 0.3) is 0 Å².